The van der Waals surface area contributed by atoms with E-state index in [-0.39, 0.29) is 18.5 Å². The topological polar surface area (TPSA) is 61.9 Å². The highest BCUT2D eigenvalue weighted by atomic mass is 16.6. The van der Waals surface area contributed by atoms with Crippen LogP contribution in [0.5, 0.6) is 0 Å². The molecule has 6 nitrogen and oxygen atoms in total. The second-order valence-corrected chi connectivity index (χ2v) is 8.05. The maximum absolute atomic E-state index is 12.7. The third kappa shape index (κ3) is 7.10. The lowest BCUT2D eigenvalue weighted by molar-refractivity contribution is -0.115. The molecule has 1 N–H and O–H groups in total. The Morgan fingerprint density at radius 2 is 1.57 bits per heavy atom. The highest BCUT2D eigenvalue weighted by Crippen LogP contribution is 2.20. The third-order valence-corrected chi connectivity index (χ3v) is 4.52. The molecule has 0 unspecified atom stereocenters. The van der Waals surface area contributed by atoms with Crippen LogP contribution in [0.25, 0.3) is 0 Å². The number of rotatable bonds is 8. The average Bonchev–Trinajstić information content (AvgIpc) is 2.70. The summed E-state index contributed by atoms with van der Waals surface area (Å²) in [5.74, 6) is -0.103. The second-order valence-electron chi connectivity index (χ2n) is 8.05. The van der Waals surface area contributed by atoms with Crippen LogP contribution < -0.4 is 10.2 Å². The molecular formula is C24H33N3O3. The summed E-state index contributed by atoms with van der Waals surface area (Å²) in [6.07, 6.45) is -0.368. The number of likely N-dealkylation sites (N-methyl/N-ethyl adjacent to an activating group) is 1. The molecule has 0 aromatic heterocycles. The molecule has 0 spiro atoms. The van der Waals surface area contributed by atoms with Gasteiger partial charge in [0, 0.05) is 24.5 Å². The van der Waals surface area contributed by atoms with Gasteiger partial charge in [0.25, 0.3) is 0 Å². The van der Waals surface area contributed by atoms with Gasteiger partial charge >= 0.3 is 6.09 Å². The zero-order valence-corrected chi connectivity index (χ0v) is 18.6. The van der Waals surface area contributed by atoms with Crippen molar-refractivity contribution < 1.29 is 14.3 Å². The van der Waals surface area contributed by atoms with Crippen LogP contribution in [0.1, 0.15) is 40.2 Å². The van der Waals surface area contributed by atoms with Crippen LogP contribution in [0, 0.1) is 0 Å². The molecule has 30 heavy (non-hydrogen) atoms. The van der Waals surface area contributed by atoms with E-state index >= 15 is 0 Å². The van der Waals surface area contributed by atoms with Gasteiger partial charge in [-0.15, -0.1) is 0 Å². The minimum absolute atomic E-state index is 0.103. The second kappa shape index (κ2) is 10.7. The molecule has 0 bridgehead atoms. The molecule has 0 heterocycles. The number of amides is 2. The van der Waals surface area contributed by atoms with Gasteiger partial charge in [0.05, 0.1) is 13.1 Å². The van der Waals surface area contributed by atoms with Crippen molar-refractivity contribution in [2.45, 2.75) is 46.8 Å². The molecule has 0 fully saturated rings. The minimum atomic E-state index is -0.556. The van der Waals surface area contributed by atoms with Crippen molar-refractivity contribution in [3.05, 3.63) is 60.2 Å². The van der Waals surface area contributed by atoms with E-state index in [4.69, 9.17) is 4.74 Å². The average molecular weight is 412 g/mol. The monoisotopic (exact) mass is 411 g/mol. The molecule has 2 aromatic rings. The summed E-state index contributed by atoms with van der Waals surface area (Å²) >= 11 is 0. The molecule has 6 heteroatoms. The third-order valence-electron chi connectivity index (χ3n) is 4.52. The number of ether oxygens (including phenoxy) is 1. The summed E-state index contributed by atoms with van der Waals surface area (Å²) in [6, 6.07) is 17.4. The lowest BCUT2D eigenvalue weighted by Crippen LogP contribution is -2.36. The quantitative estimate of drug-likeness (QED) is 0.670. The number of carbonyl (C=O) groups excluding carboxylic acids is 2. The van der Waals surface area contributed by atoms with Crippen LogP contribution in [0.2, 0.25) is 0 Å². The van der Waals surface area contributed by atoms with Crippen LogP contribution in [0.3, 0.4) is 0 Å². The number of hydrogen-bond acceptors (Lipinski definition) is 4. The van der Waals surface area contributed by atoms with Gasteiger partial charge in [-0.3, -0.25) is 4.79 Å². The van der Waals surface area contributed by atoms with E-state index in [0.717, 1.165) is 17.8 Å². The molecule has 0 atom stereocenters. The Bertz CT molecular complexity index is 831. The summed E-state index contributed by atoms with van der Waals surface area (Å²) in [5.41, 5.74) is 2.01. The largest absolute Gasteiger partial charge is 0.444 e. The first-order chi connectivity index (χ1) is 14.2. The van der Waals surface area contributed by atoms with Crippen LogP contribution in [0.15, 0.2) is 54.6 Å². The smallest absolute Gasteiger partial charge is 0.410 e. The Balaban J connectivity index is 2.08. The predicted molar refractivity (Wildman–Crippen MR) is 122 cm³/mol. The van der Waals surface area contributed by atoms with Crippen molar-refractivity contribution in [2.24, 2.45) is 0 Å². The van der Waals surface area contributed by atoms with Crippen LogP contribution in [-0.2, 0) is 16.1 Å². The van der Waals surface area contributed by atoms with Crippen LogP contribution in [-0.4, -0.2) is 42.1 Å². The fourth-order valence-electron chi connectivity index (χ4n) is 3.01. The number of para-hydroxylation sites is 2. The summed E-state index contributed by atoms with van der Waals surface area (Å²) in [7, 11) is 0. The van der Waals surface area contributed by atoms with Gasteiger partial charge in [0.2, 0.25) is 5.91 Å². The Kier molecular flexibility index (Phi) is 8.27. The molecule has 2 amide bonds. The first kappa shape index (κ1) is 23.3. The molecule has 0 saturated carbocycles. The fraction of sp³-hybridized carbons (Fsp3) is 0.417. The molecule has 0 aliphatic rings. The summed E-state index contributed by atoms with van der Waals surface area (Å²) in [6.45, 7) is 11.3. The molecule has 2 rings (SSSR count). The van der Waals surface area contributed by atoms with Gasteiger partial charge in [0.1, 0.15) is 5.60 Å². The van der Waals surface area contributed by atoms with E-state index < -0.39 is 5.60 Å². The minimum Gasteiger partial charge on any atom is -0.444 e. The van der Waals surface area contributed by atoms with E-state index in [2.05, 4.69) is 5.32 Å². The number of hydrogen-bond donors (Lipinski definition) is 1. The van der Waals surface area contributed by atoms with E-state index in [1.807, 2.05) is 94.1 Å². The van der Waals surface area contributed by atoms with Crippen molar-refractivity contribution in [3.63, 3.8) is 0 Å². The lowest BCUT2D eigenvalue weighted by atomic mass is 10.1. The standard InChI is InChI=1S/C24H33N3O3/c1-6-26(20-14-9-8-10-15-20)18-22(28)25-21-16-12-11-13-19(21)17-27(7-2)23(29)30-24(3,4)5/h8-16H,6-7,17-18H2,1-5H3,(H,25,28). The number of benzene rings is 2. The van der Waals surface area contributed by atoms with Gasteiger partial charge in [-0.05, 0) is 58.4 Å². The first-order valence-corrected chi connectivity index (χ1v) is 10.4. The number of nitrogens with zero attached hydrogens (tertiary/aromatic N) is 2. The number of carbonyl (C=O) groups is 2. The van der Waals surface area contributed by atoms with E-state index in [0.29, 0.717) is 18.8 Å². The molecule has 162 valence electrons. The van der Waals surface area contributed by atoms with Crippen molar-refractivity contribution in [1.29, 1.82) is 0 Å². The van der Waals surface area contributed by atoms with E-state index in [1.165, 1.54) is 0 Å². The normalized spacial score (nSPS) is 11.0. The summed E-state index contributed by atoms with van der Waals surface area (Å²) in [5, 5.41) is 3.00. The van der Waals surface area contributed by atoms with E-state index in [1.54, 1.807) is 4.90 Å². The van der Waals surface area contributed by atoms with Gasteiger partial charge in [-0.25, -0.2) is 4.79 Å². The Morgan fingerprint density at radius 1 is 0.933 bits per heavy atom. The zero-order valence-electron chi connectivity index (χ0n) is 18.6. The van der Waals surface area contributed by atoms with Gasteiger partial charge in [-0.2, -0.15) is 0 Å². The highest BCUT2D eigenvalue weighted by molar-refractivity contribution is 5.94. The van der Waals surface area contributed by atoms with Crippen LogP contribution in [0.4, 0.5) is 16.2 Å². The fourth-order valence-corrected chi connectivity index (χ4v) is 3.01. The van der Waals surface area contributed by atoms with Crippen molar-refractivity contribution in [3.8, 4) is 0 Å². The SMILES string of the molecule is CCN(Cc1ccccc1NC(=O)CN(CC)c1ccccc1)C(=O)OC(C)(C)C. The summed E-state index contributed by atoms with van der Waals surface area (Å²) < 4.78 is 5.49. The highest BCUT2D eigenvalue weighted by Gasteiger charge is 2.22. The molecule has 0 radical (unpaired) electrons. The van der Waals surface area contributed by atoms with Gasteiger partial charge in [-0.1, -0.05) is 36.4 Å². The lowest BCUT2D eigenvalue weighted by Gasteiger charge is -2.27. The Hall–Kier alpha value is -3.02. The Labute approximate surface area is 179 Å². The molecule has 2 aromatic carbocycles. The number of nitrogens with one attached hydrogen (secondary N) is 1. The maximum atomic E-state index is 12.7. The molecule has 0 aliphatic heterocycles. The van der Waals surface area contributed by atoms with Crippen molar-refractivity contribution in [2.75, 3.05) is 29.9 Å². The van der Waals surface area contributed by atoms with Gasteiger partial charge < -0.3 is 19.9 Å². The zero-order chi connectivity index (χ0) is 22.1. The van der Waals surface area contributed by atoms with Crippen LogP contribution >= 0.6 is 0 Å². The first-order valence-electron chi connectivity index (χ1n) is 10.4. The Morgan fingerprint density at radius 3 is 2.17 bits per heavy atom. The molecular weight excluding hydrogens is 378 g/mol. The summed E-state index contributed by atoms with van der Waals surface area (Å²) in [4.78, 5) is 28.8. The molecule has 0 aliphatic carbocycles. The van der Waals surface area contributed by atoms with Crippen molar-refractivity contribution >= 4 is 23.4 Å². The van der Waals surface area contributed by atoms with E-state index in [9.17, 15) is 9.59 Å². The number of anilines is 2. The maximum Gasteiger partial charge on any atom is 0.410 e. The van der Waals surface area contributed by atoms with Crippen molar-refractivity contribution in [1.82, 2.24) is 4.90 Å². The van der Waals surface area contributed by atoms with Gasteiger partial charge in [0.15, 0.2) is 0 Å². The molecule has 0 saturated heterocycles. The predicted octanol–water partition coefficient (Wildman–Crippen LogP) is 4.91.